The highest BCUT2D eigenvalue weighted by Crippen LogP contribution is 2.16. The molecule has 0 radical (unpaired) electrons. The first kappa shape index (κ1) is 11.1. The van der Waals surface area contributed by atoms with Crippen molar-refractivity contribution in [2.45, 2.75) is 13.5 Å². The average Bonchev–Trinajstić information content (AvgIpc) is 2.29. The minimum atomic E-state index is 0.784. The van der Waals surface area contributed by atoms with Crippen LogP contribution in [0.3, 0.4) is 0 Å². The molecule has 2 rings (SSSR count). The molecule has 3 nitrogen and oxygen atoms in total. The van der Waals surface area contributed by atoms with Crippen LogP contribution in [-0.2, 0) is 6.54 Å². The minimum absolute atomic E-state index is 0.784. The Morgan fingerprint density at radius 3 is 2.62 bits per heavy atom. The third kappa shape index (κ3) is 2.79. The zero-order valence-corrected chi connectivity index (χ0v) is 10.5. The van der Waals surface area contributed by atoms with E-state index in [9.17, 15) is 0 Å². The fourth-order valence-corrected chi connectivity index (χ4v) is 1.81. The summed E-state index contributed by atoms with van der Waals surface area (Å²) < 4.78 is 0.861. The second-order valence-electron chi connectivity index (χ2n) is 3.48. The maximum absolute atomic E-state index is 4.33. The SMILES string of the molecule is Cc1nc(Br)ccc1NCc1ccncc1. The van der Waals surface area contributed by atoms with Gasteiger partial charge in [-0.25, -0.2) is 4.98 Å². The minimum Gasteiger partial charge on any atom is -0.379 e. The smallest absolute Gasteiger partial charge is 0.106 e. The van der Waals surface area contributed by atoms with Crippen molar-refractivity contribution in [2.75, 3.05) is 5.32 Å². The quantitative estimate of drug-likeness (QED) is 0.876. The lowest BCUT2D eigenvalue weighted by atomic mass is 10.2. The molecule has 16 heavy (non-hydrogen) atoms. The Labute approximate surface area is 103 Å². The molecule has 4 heteroatoms. The number of hydrogen-bond donors (Lipinski definition) is 1. The normalized spacial score (nSPS) is 10.1. The lowest BCUT2D eigenvalue weighted by Crippen LogP contribution is -2.02. The van der Waals surface area contributed by atoms with Gasteiger partial charge in [0.25, 0.3) is 0 Å². The molecule has 0 fully saturated rings. The largest absolute Gasteiger partial charge is 0.379 e. The number of pyridine rings is 2. The molecule has 0 atom stereocenters. The molecule has 2 aromatic rings. The predicted molar refractivity (Wildman–Crippen MR) is 68.2 cm³/mol. The average molecular weight is 278 g/mol. The van der Waals surface area contributed by atoms with Gasteiger partial charge < -0.3 is 5.32 Å². The molecule has 0 aliphatic carbocycles. The van der Waals surface area contributed by atoms with Crippen LogP contribution in [0.1, 0.15) is 11.3 Å². The Morgan fingerprint density at radius 1 is 1.19 bits per heavy atom. The highest BCUT2D eigenvalue weighted by Gasteiger charge is 1.99. The van der Waals surface area contributed by atoms with Gasteiger partial charge in [-0.3, -0.25) is 4.98 Å². The molecule has 0 saturated carbocycles. The highest BCUT2D eigenvalue weighted by molar-refractivity contribution is 9.10. The van der Waals surface area contributed by atoms with E-state index in [1.165, 1.54) is 5.56 Å². The second kappa shape index (κ2) is 5.07. The topological polar surface area (TPSA) is 37.8 Å². The van der Waals surface area contributed by atoms with Crippen molar-refractivity contribution in [1.29, 1.82) is 0 Å². The predicted octanol–water partition coefficient (Wildman–Crippen LogP) is 3.16. The van der Waals surface area contributed by atoms with Crippen LogP contribution < -0.4 is 5.32 Å². The zero-order valence-electron chi connectivity index (χ0n) is 8.94. The summed E-state index contributed by atoms with van der Waals surface area (Å²) in [5.41, 5.74) is 3.25. The summed E-state index contributed by atoms with van der Waals surface area (Å²) in [7, 11) is 0. The molecule has 0 aliphatic rings. The van der Waals surface area contributed by atoms with Crippen molar-refractivity contribution in [3.8, 4) is 0 Å². The van der Waals surface area contributed by atoms with Crippen LogP contribution in [0.25, 0.3) is 0 Å². The molecule has 0 spiro atoms. The van der Waals surface area contributed by atoms with Gasteiger partial charge in [-0.1, -0.05) is 0 Å². The van der Waals surface area contributed by atoms with Crippen molar-refractivity contribution < 1.29 is 0 Å². The molecule has 0 aromatic carbocycles. The molecule has 1 N–H and O–H groups in total. The van der Waals surface area contributed by atoms with Crippen molar-refractivity contribution in [3.63, 3.8) is 0 Å². The molecule has 0 saturated heterocycles. The van der Waals surface area contributed by atoms with Gasteiger partial charge in [0.15, 0.2) is 0 Å². The number of nitrogens with zero attached hydrogens (tertiary/aromatic N) is 2. The van der Waals surface area contributed by atoms with Crippen LogP contribution in [0.5, 0.6) is 0 Å². The number of hydrogen-bond acceptors (Lipinski definition) is 3. The van der Waals surface area contributed by atoms with Crippen LogP contribution in [0.4, 0.5) is 5.69 Å². The van der Waals surface area contributed by atoms with E-state index in [0.717, 1.165) is 22.5 Å². The fourth-order valence-electron chi connectivity index (χ4n) is 1.42. The van der Waals surface area contributed by atoms with Gasteiger partial charge in [0, 0.05) is 18.9 Å². The Kier molecular flexibility index (Phi) is 3.51. The van der Waals surface area contributed by atoms with Gasteiger partial charge in [0.1, 0.15) is 4.60 Å². The Bertz CT molecular complexity index is 471. The van der Waals surface area contributed by atoms with Crippen molar-refractivity contribution in [3.05, 3.63) is 52.5 Å². The lowest BCUT2D eigenvalue weighted by molar-refractivity contribution is 1.09. The van der Waals surface area contributed by atoms with E-state index in [2.05, 4.69) is 31.2 Å². The molecule has 2 aromatic heterocycles. The maximum atomic E-state index is 4.33. The number of aromatic nitrogens is 2. The van der Waals surface area contributed by atoms with Crippen molar-refractivity contribution >= 4 is 21.6 Å². The van der Waals surface area contributed by atoms with Crippen LogP contribution >= 0.6 is 15.9 Å². The van der Waals surface area contributed by atoms with E-state index in [1.807, 2.05) is 31.2 Å². The monoisotopic (exact) mass is 277 g/mol. The number of anilines is 1. The van der Waals surface area contributed by atoms with E-state index >= 15 is 0 Å². The van der Waals surface area contributed by atoms with Gasteiger partial charge >= 0.3 is 0 Å². The van der Waals surface area contributed by atoms with Crippen LogP contribution in [0.15, 0.2) is 41.3 Å². The molecule has 2 heterocycles. The van der Waals surface area contributed by atoms with Gasteiger partial charge in [-0.15, -0.1) is 0 Å². The summed E-state index contributed by atoms with van der Waals surface area (Å²) in [6, 6.07) is 7.94. The third-order valence-electron chi connectivity index (χ3n) is 2.28. The molecule has 0 unspecified atom stereocenters. The van der Waals surface area contributed by atoms with Gasteiger partial charge in [0.2, 0.25) is 0 Å². The van der Waals surface area contributed by atoms with Crippen molar-refractivity contribution in [1.82, 2.24) is 9.97 Å². The Morgan fingerprint density at radius 2 is 1.94 bits per heavy atom. The molecular formula is C12H12BrN3. The van der Waals surface area contributed by atoms with E-state index < -0.39 is 0 Å². The summed E-state index contributed by atoms with van der Waals surface area (Å²) in [4.78, 5) is 8.31. The van der Waals surface area contributed by atoms with E-state index in [4.69, 9.17) is 0 Å². The maximum Gasteiger partial charge on any atom is 0.106 e. The summed E-state index contributed by atoms with van der Waals surface area (Å²) >= 11 is 3.35. The summed E-state index contributed by atoms with van der Waals surface area (Å²) in [5.74, 6) is 0. The molecule has 0 amide bonds. The van der Waals surface area contributed by atoms with E-state index in [1.54, 1.807) is 12.4 Å². The molecular weight excluding hydrogens is 266 g/mol. The van der Waals surface area contributed by atoms with Crippen LogP contribution in [0, 0.1) is 6.92 Å². The first-order chi connectivity index (χ1) is 7.75. The third-order valence-corrected chi connectivity index (χ3v) is 2.73. The van der Waals surface area contributed by atoms with Gasteiger partial charge in [0.05, 0.1) is 11.4 Å². The van der Waals surface area contributed by atoms with Crippen LogP contribution in [0.2, 0.25) is 0 Å². The molecule has 82 valence electrons. The first-order valence-electron chi connectivity index (χ1n) is 5.01. The van der Waals surface area contributed by atoms with Crippen LogP contribution in [-0.4, -0.2) is 9.97 Å². The van der Waals surface area contributed by atoms with Crippen molar-refractivity contribution in [2.24, 2.45) is 0 Å². The number of halogens is 1. The summed E-state index contributed by atoms with van der Waals surface area (Å²) in [6.45, 7) is 2.77. The molecule has 0 aliphatic heterocycles. The number of aryl methyl sites for hydroxylation is 1. The highest BCUT2D eigenvalue weighted by atomic mass is 79.9. The van der Waals surface area contributed by atoms with Gasteiger partial charge in [-0.05, 0) is 52.7 Å². The standard InChI is InChI=1S/C12H12BrN3/c1-9-11(2-3-12(13)16-9)15-8-10-4-6-14-7-5-10/h2-7,15H,8H2,1H3. The Hall–Kier alpha value is -1.42. The fraction of sp³-hybridized carbons (Fsp3) is 0.167. The van der Waals surface area contributed by atoms with E-state index in [0.29, 0.717) is 0 Å². The number of rotatable bonds is 3. The number of nitrogens with one attached hydrogen (secondary N) is 1. The van der Waals surface area contributed by atoms with E-state index in [-0.39, 0.29) is 0 Å². The summed E-state index contributed by atoms with van der Waals surface area (Å²) in [6.07, 6.45) is 3.59. The second-order valence-corrected chi connectivity index (χ2v) is 4.29. The lowest BCUT2D eigenvalue weighted by Gasteiger charge is -2.08. The molecule has 0 bridgehead atoms. The summed E-state index contributed by atoms with van der Waals surface area (Å²) in [5, 5.41) is 3.35. The zero-order chi connectivity index (χ0) is 11.4. The van der Waals surface area contributed by atoms with Gasteiger partial charge in [-0.2, -0.15) is 0 Å². The first-order valence-corrected chi connectivity index (χ1v) is 5.81. The Balaban J connectivity index is 2.05.